The summed E-state index contributed by atoms with van der Waals surface area (Å²) in [6, 6.07) is 13.8. The predicted molar refractivity (Wildman–Crippen MR) is 120 cm³/mol. The Morgan fingerprint density at radius 1 is 1.03 bits per heavy atom. The fourth-order valence-electron chi connectivity index (χ4n) is 5.09. The zero-order valence-corrected chi connectivity index (χ0v) is 18.3. The maximum absolute atomic E-state index is 13.2. The van der Waals surface area contributed by atoms with Crippen LogP contribution in [0.1, 0.15) is 49.3 Å². The van der Waals surface area contributed by atoms with Crippen molar-refractivity contribution in [2.75, 3.05) is 19.6 Å². The fourth-order valence-corrected chi connectivity index (χ4v) is 5.22. The number of oxazole rings is 1. The zero-order chi connectivity index (χ0) is 21.5. The molecule has 2 unspecified atom stereocenters. The van der Waals surface area contributed by atoms with Crippen molar-refractivity contribution < 1.29 is 9.21 Å². The third kappa shape index (κ3) is 3.90. The molecule has 2 fully saturated rings. The Balaban J connectivity index is 1.22. The molecule has 0 radical (unpaired) electrons. The van der Waals surface area contributed by atoms with Gasteiger partial charge in [0, 0.05) is 11.6 Å². The predicted octanol–water partition coefficient (Wildman–Crippen LogP) is 4.32. The summed E-state index contributed by atoms with van der Waals surface area (Å²) in [6.45, 7) is 4.68. The number of hydrogen-bond donors (Lipinski definition) is 1. The van der Waals surface area contributed by atoms with Crippen LogP contribution < -0.4 is 5.76 Å². The maximum Gasteiger partial charge on any atom is 0.417 e. The molecule has 0 aliphatic carbocycles. The van der Waals surface area contributed by atoms with Crippen LogP contribution in [0.2, 0.25) is 5.02 Å². The molecule has 1 amide bonds. The van der Waals surface area contributed by atoms with Crippen LogP contribution in [0.5, 0.6) is 0 Å². The highest BCUT2D eigenvalue weighted by atomic mass is 35.5. The molecule has 2 aliphatic rings. The van der Waals surface area contributed by atoms with E-state index in [-0.39, 0.29) is 18.0 Å². The molecule has 2 aromatic carbocycles. The van der Waals surface area contributed by atoms with Gasteiger partial charge in [0.05, 0.1) is 17.6 Å². The van der Waals surface area contributed by atoms with Gasteiger partial charge in [-0.2, -0.15) is 0 Å². The molecular weight excluding hydrogens is 414 g/mol. The lowest BCUT2D eigenvalue weighted by atomic mass is 9.88. The first-order chi connectivity index (χ1) is 15.0. The largest absolute Gasteiger partial charge is 0.417 e. The number of rotatable bonds is 4. The van der Waals surface area contributed by atoms with Gasteiger partial charge in [0.2, 0.25) is 5.91 Å². The third-order valence-electron chi connectivity index (χ3n) is 6.92. The number of carbonyl (C=O) groups is 1. The number of piperidine rings is 1. The molecule has 2 aliphatic heterocycles. The van der Waals surface area contributed by atoms with Crippen LogP contribution in [0.25, 0.3) is 11.1 Å². The summed E-state index contributed by atoms with van der Waals surface area (Å²) in [5.74, 6) is 0.233. The molecule has 3 aromatic rings. The van der Waals surface area contributed by atoms with Crippen molar-refractivity contribution in [3.63, 3.8) is 0 Å². The lowest BCUT2D eigenvalue weighted by Crippen LogP contribution is -2.45. The number of H-pyrrole nitrogens is 1. The standard InChI is InChI=1S/C24H26ClN3O3/c1-15(16-2-5-19(25)6-3-16)28-13-10-21(23(28)29)27-11-8-17(9-12-27)18-4-7-20-22(14-18)31-24(30)26-20/h2-7,14-15,17,21H,8-13H2,1H3,(H,26,30). The third-order valence-corrected chi connectivity index (χ3v) is 7.17. The second-order valence-corrected chi connectivity index (χ2v) is 9.08. The molecule has 1 aromatic heterocycles. The molecule has 2 atom stereocenters. The monoisotopic (exact) mass is 439 g/mol. The molecule has 6 nitrogen and oxygen atoms in total. The van der Waals surface area contributed by atoms with Crippen molar-refractivity contribution in [3.05, 3.63) is 69.2 Å². The summed E-state index contributed by atoms with van der Waals surface area (Å²) in [5, 5.41) is 0.710. The van der Waals surface area contributed by atoms with Gasteiger partial charge < -0.3 is 9.32 Å². The molecular formula is C24H26ClN3O3. The minimum Gasteiger partial charge on any atom is -0.408 e. The molecule has 162 valence electrons. The van der Waals surface area contributed by atoms with E-state index in [1.807, 2.05) is 41.3 Å². The van der Waals surface area contributed by atoms with Crippen LogP contribution in [0.3, 0.4) is 0 Å². The van der Waals surface area contributed by atoms with Gasteiger partial charge in [0.25, 0.3) is 0 Å². The minimum absolute atomic E-state index is 0.0270. The number of nitrogens with zero attached hydrogens (tertiary/aromatic N) is 2. The van der Waals surface area contributed by atoms with E-state index in [0.29, 0.717) is 16.5 Å². The second kappa shape index (κ2) is 8.17. The number of aromatic amines is 1. The Labute approximate surface area is 185 Å². The van der Waals surface area contributed by atoms with Crippen molar-refractivity contribution in [2.45, 2.75) is 44.2 Å². The summed E-state index contributed by atoms with van der Waals surface area (Å²) in [7, 11) is 0. The van der Waals surface area contributed by atoms with Crippen molar-refractivity contribution in [1.29, 1.82) is 0 Å². The van der Waals surface area contributed by atoms with Crippen LogP contribution in [0, 0.1) is 0 Å². The molecule has 5 rings (SSSR count). The van der Waals surface area contributed by atoms with Gasteiger partial charge >= 0.3 is 5.76 Å². The van der Waals surface area contributed by atoms with Gasteiger partial charge in [0.1, 0.15) is 0 Å². The van der Waals surface area contributed by atoms with Crippen molar-refractivity contribution in [1.82, 2.24) is 14.8 Å². The Morgan fingerprint density at radius 2 is 1.77 bits per heavy atom. The maximum atomic E-state index is 13.2. The summed E-state index contributed by atoms with van der Waals surface area (Å²) in [4.78, 5) is 31.6. The van der Waals surface area contributed by atoms with Crippen LogP contribution in [0.15, 0.2) is 51.7 Å². The molecule has 31 heavy (non-hydrogen) atoms. The van der Waals surface area contributed by atoms with Gasteiger partial charge in [-0.05, 0) is 80.6 Å². The van der Waals surface area contributed by atoms with Crippen molar-refractivity contribution in [3.8, 4) is 0 Å². The van der Waals surface area contributed by atoms with Gasteiger partial charge in [-0.15, -0.1) is 0 Å². The Kier molecular flexibility index (Phi) is 5.36. The summed E-state index contributed by atoms with van der Waals surface area (Å²) < 4.78 is 5.21. The van der Waals surface area contributed by atoms with E-state index in [1.165, 1.54) is 5.56 Å². The van der Waals surface area contributed by atoms with E-state index in [9.17, 15) is 9.59 Å². The smallest absolute Gasteiger partial charge is 0.408 e. The topological polar surface area (TPSA) is 69.6 Å². The normalized spacial score (nSPS) is 21.8. The number of likely N-dealkylation sites (tertiary alicyclic amines) is 2. The van der Waals surface area contributed by atoms with Crippen LogP contribution in [-0.4, -0.2) is 46.4 Å². The molecule has 3 heterocycles. The highest BCUT2D eigenvalue weighted by Crippen LogP contribution is 2.34. The molecule has 2 saturated heterocycles. The quantitative estimate of drug-likeness (QED) is 0.657. The van der Waals surface area contributed by atoms with E-state index in [2.05, 4.69) is 22.9 Å². The van der Waals surface area contributed by atoms with E-state index in [4.69, 9.17) is 16.0 Å². The average molecular weight is 440 g/mol. The second-order valence-electron chi connectivity index (χ2n) is 8.64. The molecule has 0 saturated carbocycles. The molecule has 0 spiro atoms. The number of hydrogen-bond acceptors (Lipinski definition) is 4. The average Bonchev–Trinajstić information content (AvgIpc) is 3.35. The molecule has 0 bridgehead atoms. The van der Waals surface area contributed by atoms with Crippen molar-refractivity contribution in [2.24, 2.45) is 0 Å². The Hall–Kier alpha value is -2.57. The summed E-state index contributed by atoms with van der Waals surface area (Å²) in [5.41, 5.74) is 3.66. The van der Waals surface area contributed by atoms with Crippen LogP contribution in [-0.2, 0) is 4.79 Å². The van der Waals surface area contributed by atoms with E-state index >= 15 is 0 Å². The first-order valence-corrected chi connectivity index (χ1v) is 11.3. The lowest BCUT2D eigenvalue weighted by molar-refractivity contribution is -0.134. The van der Waals surface area contributed by atoms with Gasteiger partial charge in [-0.25, -0.2) is 4.79 Å². The number of amides is 1. The Bertz CT molecular complexity index is 1140. The number of nitrogens with one attached hydrogen (secondary N) is 1. The fraction of sp³-hybridized carbons (Fsp3) is 0.417. The summed E-state index contributed by atoms with van der Waals surface area (Å²) >= 11 is 6.01. The lowest BCUT2D eigenvalue weighted by Gasteiger charge is -2.35. The number of aromatic nitrogens is 1. The highest BCUT2D eigenvalue weighted by molar-refractivity contribution is 6.30. The minimum atomic E-state index is -0.418. The molecule has 1 N–H and O–H groups in total. The Morgan fingerprint density at radius 3 is 2.52 bits per heavy atom. The number of carbonyl (C=O) groups excluding carboxylic acids is 1. The first-order valence-electron chi connectivity index (χ1n) is 10.9. The highest BCUT2D eigenvalue weighted by Gasteiger charge is 2.39. The van der Waals surface area contributed by atoms with Gasteiger partial charge in [0.15, 0.2) is 5.58 Å². The van der Waals surface area contributed by atoms with Crippen molar-refractivity contribution >= 4 is 28.6 Å². The first kappa shape index (κ1) is 20.3. The van der Waals surface area contributed by atoms with E-state index < -0.39 is 5.76 Å². The SMILES string of the molecule is CC(c1ccc(Cl)cc1)N1CCC(N2CCC(c3ccc4[nH]c(=O)oc4c3)CC2)C1=O. The summed E-state index contributed by atoms with van der Waals surface area (Å²) in [6.07, 6.45) is 2.87. The number of halogens is 1. The number of fused-ring (bicyclic) bond motifs is 1. The zero-order valence-electron chi connectivity index (χ0n) is 17.5. The van der Waals surface area contributed by atoms with E-state index in [0.717, 1.165) is 50.0 Å². The van der Waals surface area contributed by atoms with Gasteiger partial charge in [-0.3, -0.25) is 14.7 Å². The van der Waals surface area contributed by atoms with E-state index in [1.54, 1.807) is 0 Å². The van der Waals surface area contributed by atoms with Crippen LogP contribution >= 0.6 is 11.6 Å². The van der Waals surface area contributed by atoms with Crippen LogP contribution in [0.4, 0.5) is 0 Å². The van der Waals surface area contributed by atoms with Gasteiger partial charge in [-0.1, -0.05) is 29.8 Å². The number of benzene rings is 2. The molecule has 7 heteroatoms.